The fraction of sp³-hybridized carbons (Fsp3) is 0.800. The van der Waals surface area contributed by atoms with Gasteiger partial charge in [0, 0.05) is 23.8 Å². The van der Waals surface area contributed by atoms with E-state index in [4.69, 9.17) is 5.73 Å². The zero-order valence-corrected chi connectivity index (χ0v) is 12.9. The highest BCUT2D eigenvalue weighted by molar-refractivity contribution is 5.13. The monoisotopic (exact) mass is 264 g/mol. The van der Waals surface area contributed by atoms with Gasteiger partial charge in [0.15, 0.2) is 0 Å². The first-order chi connectivity index (χ1) is 8.82. The van der Waals surface area contributed by atoms with Gasteiger partial charge in [-0.2, -0.15) is 0 Å². The van der Waals surface area contributed by atoms with Crippen LogP contribution in [0.15, 0.2) is 12.5 Å². The van der Waals surface area contributed by atoms with Crippen LogP contribution in [0.1, 0.15) is 65.2 Å². The first-order valence-corrected chi connectivity index (χ1v) is 7.36. The maximum absolute atomic E-state index is 6.44. The van der Waals surface area contributed by atoms with Crippen LogP contribution in [0.2, 0.25) is 0 Å². The molecule has 1 saturated heterocycles. The average molecular weight is 264 g/mol. The van der Waals surface area contributed by atoms with E-state index < -0.39 is 0 Å². The van der Waals surface area contributed by atoms with Gasteiger partial charge in [-0.1, -0.05) is 0 Å². The van der Waals surface area contributed by atoms with Crippen molar-refractivity contribution in [3.05, 3.63) is 18.2 Å². The van der Waals surface area contributed by atoms with E-state index in [-0.39, 0.29) is 17.6 Å². The fourth-order valence-corrected chi connectivity index (χ4v) is 3.13. The average Bonchev–Trinajstić information content (AvgIpc) is 2.76. The van der Waals surface area contributed by atoms with Crippen LogP contribution < -0.4 is 5.73 Å². The number of hydrogen-bond donors (Lipinski definition) is 1. The Morgan fingerprint density at radius 2 is 2.05 bits per heavy atom. The summed E-state index contributed by atoms with van der Waals surface area (Å²) in [5, 5.41) is 0. The SMILES string of the molecule is CC(C)n1cncc1C1C(N)CCCN1C(C)(C)C. The predicted molar refractivity (Wildman–Crippen MR) is 79.0 cm³/mol. The third kappa shape index (κ3) is 2.84. The quantitative estimate of drug-likeness (QED) is 0.893. The van der Waals surface area contributed by atoms with Crippen molar-refractivity contribution in [3.63, 3.8) is 0 Å². The van der Waals surface area contributed by atoms with Gasteiger partial charge in [-0.15, -0.1) is 0 Å². The van der Waals surface area contributed by atoms with Crippen LogP contribution in [0.3, 0.4) is 0 Å². The van der Waals surface area contributed by atoms with Crippen LogP contribution in [0.5, 0.6) is 0 Å². The Morgan fingerprint density at radius 1 is 1.37 bits per heavy atom. The van der Waals surface area contributed by atoms with Gasteiger partial charge in [0.2, 0.25) is 0 Å². The largest absolute Gasteiger partial charge is 0.331 e. The van der Waals surface area contributed by atoms with Gasteiger partial charge >= 0.3 is 0 Å². The van der Waals surface area contributed by atoms with E-state index in [1.54, 1.807) is 0 Å². The molecule has 1 aromatic rings. The van der Waals surface area contributed by atoms with E-state index in [2.05, 4.69) is 49.1 Å². The maximum Gasteiger partial charge on any atom is 0.0951 e. The summed E-state index contributed by atoms with van der Waals surface area (Å²) in [6, 6.07) is 0.897. The Balaban J connectivity index is 2.39. The topological polar surface area (TPSA) is 47.1 Å². The Labute approximate surface area is 117 Å². The number of nitrogens with two attached hydrogens (primary N) is 1. The zero-order chi connectivity index (χ0) is 14.2. The van der Waals surface area contributed by atoms with Crippen molar-refractivity contribution in [3.8, 4) is 0 Å². The lowest BCUT2D eigenvalue weighted by molar-refractivity contribution is 0.0340. The standard InChI is InChI=1S/C15H28N4/c1-11(2)18-10-17-9-13(18)14-12(16)7-6-8-19(14)15(3,4)5/h9-12,14H,6-8,16H2,1-5H3. The maximum atomic E-state index is 6.44. The smallest absolute Gasteiger partial charge is 0.0951 e. The molecule has 2 atom stereocenters. The number of likely N-dealkylation sites (tertiary alicyclic amines) is 1. The van der Waals surface area contributed by atoms with Gasteiger partial charge in [-0.3, -0.25) is 4.90 Å². The normalized spacial score (nSPS) is 26.1. The highest BCUT2D eigenvalue weighted by atomic mass is 15.3. The van der Waals surface area contributed by atoms with Crippen LogP contribution in [0, 0.1) is 0 Å². The third-order valence-corrected chi connectivity index (χ3v) is 4.09. The van der Waals surface area contributed by atoms with E-state index in [0.29, 0.717) is 6.04 Å². The molecule has 108 valence electrons. The molecule has 0 radical (unpaired) electrons. The van der Waals surface area contributed by atoms with E-state index in [9.17, 15) is 0 Å². The highest BCUT2D eigenvalue weighted by Gasteiger charge is 2.38. The van der Waals surface area contributed by atoms with E-state index in [1.807, 2.05) is 12.5 Å². The van der Waals surface area contributed by atoms with Crippen molar-refractivity contribution in [2.75, 3.05) is 6.54 Å². The first kappa shape index (κ1) is 14.5. The summed E-state index contributed by atoms with van der Waals surface area (Å²) < 4.78 is 2.26. The van der Waals surface area contributed by atoms with Gasteiger partial charge in [0.05, 0.1) is 18.1 Å². The molecule has 2 heterocycles. The summed E-state index contributed by atoms with van der Waals surface area (Å²) in [4.78, 5) is 6.89. The molecular weight excluding hydrogens is 236 g/mol. The second-order valence-corrected chi connectivity index (χ2v) is 6.93. The lowest BCUT2D eigenvalue weighted by atomic mass is 9.89. The highest BCUT2D eigenvalue weighted by Crippen LogP contribution is 2.36. The second-order valence-electron chi connectivity index (χ2n) is 6.93. The van der Waals surface area contributed by atoms with Crippen LogP contribution in [-0.4, -0.2) is 32.6 Å². The molecule has 2 N–H and O–H groups in total. The molecule has 2 rings (SSSR count). The van der Waals surface area contributed by atoms with Crippen molar-refractivity contribution >= 4 is 0 Å². The van der Waals surface area contributed by atoms with Crippen LogP contribution >= 0.6 is 0 Å². The summed E-state index contributed by atoms with van der Waals surface area (Å²) >= 11 is 0. The lowest BCUT2D eigenvalue weighted by Crippen LogP contribution is -2.54. The molecule has 0 aliphatic carbocycles. The van der Waals surface area contributed by atoms with Crippen LogP contribution in [0.25, 0.3) is 0 Å². The van der Waals surface area contributed by atoms with Crippen molar-refractivity contribution in [1.29, 1.82) is 0 Å². The molecule has 4 nitrogen and oxygen atoms in total. The molecule has 1 aliphatic heterocycles. The van der Waals surface area contributed by atoms with Gasteiger partial charge < -0.3 is 10.3 Å². The Kier molecular flexibility index (Phi) is 4.02. The molecule has 4 heteroatoms. The molecule has 0 amide bonds. The van der Waals surface area contributed by atoms with Gasteiger partial charge in [0.25, 0.3) is 0 Å². The number of imidazole rings is 1. The molecule has 1 aliphatic rings. The molecule has 1 fully saturated rings. The first-order valence-electron chi connectivity index (χ1n) is 7.36. The number of hydrogen-bond acceptors (Lipinski definition) is 3. The molecular formula is C15H28N4. The lowest BCUT2D eigenvalue weighted by Gasteiger charge is -2.47. The third-order valence-electron chi connectivity index (χ3n) is 4.09. The molecule has 0 spiro atoms. The van der Waals surface area contributed by atoms with Crippen LogP contribution in [-0.2, 0) is 0 Å². The van der Waals surface area contributed by atoms with E-state index >= 15 is 0 Å². The van der Waals surface area contributed by atoms with Crippen molar-refractivity contribution in [2.24, 2.45) is 5.73 Å². The minimum absolute atomic E-state index is 0.134. The van der Waals surface area contributed by atoms with E-state index in [1.165, 1.54) is 12.1 Å². The van der Waals surface area contributed by atoms with Gasteiger partial charge in [0.1, 0.15) is 0 Å². The zero-order valence-electron chi connectivity index (χ0n) is 12.9. The number of nitrogens with zero attached hydrogens (tertiary/aromatic N) is 3. The second kappa shape index (κ2) is 5.25. The van der Waals surface area contributed by atoms with Crippen molar-refractivity contribution in [1.82, 2.24) is 14.5 Å². The number of rotatable bonds is 2. The Morgan fingerprint density at radius 3 is 2.63 bits per heavy atom. The van der Waals surface area contributed by atoms with Crippen molar-refractivity contribution < 1.29 is 0 Å². The minimum Gasteiger partial charge on any atom is -0.331 e. The summed E-state index contributed by atoms with van der Waals surface area (Å²) in [5.41, 5.74) is 7.84. The molecule has 0 saturated carbocycles. The summed E-state index contributed by atoms with van der Waals surface area (Å²) in [6.07, 6.45) is 6.21. The summed E-state index contributed by atoms with van der Waals surface area (Å²) in [6.45, 7) is 12.3. The van der Waals surface area contributed by atoms with Gasteiger partial charge in [-0.25, -0.2) is 4.98 Å². The summed E-state index contributed by atoms with van der Waals surface area (Å²) in [7, 11) is 0. The fourth-order valence-electron chi connectivity index (χ4n) is 3.13. The number of aromatic nitrogens is 2. The predicted octanol–water partition coefficient (Wildman–Crippen LogP) is 2.73. The minimum atomic E-state index is 0.134. The molecule has 2 unspecified atom stereocenters. The Hall–Kier alpha value is -0.870. The van der Waals surface area contributed by atoms with E-state index in [0.717, 1.165) is 13.0 Å². The molecule has 1 aromatic heterocycles. The van der Waals surface area contributed by atoms with Crippen molar-refractivity contribution in [2.45, 2.75) is 71.1 Å². The van der Waals surface area contributed by atoms with Crippen LogP contribution in [0.4, 0.5) is 0 Å². The summed E-state index contributed by atoms with van der Waals surface area (Å²) in [5.74, 6) is 0. The number of piperidine rings is 1. The Bertz CT molecular complexity index is 416. The molecule has 0 bridgehead atoms. The van der Waals surface area contributed by atoms with Gasteiger partial charge in [-0.05, 0) is 54.0 Å². The molecule has 19 heavy (non-hydrogen) atoms. The molecule has 0 aromatic carbocycles.